The van der Waals surface area contributed by atoms with E-state index < -0.39 is 35.6 Å². The molecule has 2 atom stereocenters. The zero-order chi connectivity index (χ0) is 21.0. The Morgan fingerprint density at radius 3 is 2.55 bits per heavy atom. The molecule has 0 saturated carbocycles. The van der Waals surface area contributed by atoms with Crippen molar-refractivity contribution < 1.29 is 22.7 Å². The lowest BCUT2D eigenvalue weighted by molar-refractivity contribution is -0.117. The summed E-state index contributed by atoms with van der Waals surface area (Å²) in [4.78, 5) is 12.7. The van der Waals surface area contributed by atoms with Crippen molar-refractivity contribution in [2.45, 2.75) is 18.7 Å². The molecule has 5 N–H and O–H groups in total. The maximum atomic E-state index is 14.8. The lowest BCUT2D eigenvalue weighted by Crippen LogP contribution is -2.31. The van der Waals surface area contributed by atoms with Gasteiger partial charge in [0, 0.05) is 24.4 Å². The molecule has 9 heteroatoms. The second kappa shape index (κ2) is 8.78. The number of allylic oxidation sites excluding steroid dienone is 1. The molecule has 0 aliphatic heterocycles. The Morgan fingerprint density at radius 1 is 1.24 bits per heavy atom. The van der Waals surface area contributed by atoms with E-state index in [4.69, 9.17) is 15.9 Å². The summed E-state index contributed by atoms with van der Waals surface area (Å²) in [6.45, 7) is -0.122. The molecule has 3 rings (SSSR count). The predicted molar refractivity (Wildman–Crippen MR) is 102 cm³/mol. The van der Waals surface area contributed by atoms with E-state index in [-0.39, 0.29) is 24.5 Å². The fourth-order valence-electron chi connectivity index (χ4n) is 3.12. The molecule has 0 spiro atoms. The van der Waals surface area contributed by atoms with Crippen LogP contribution >= 0.6 is 0 Å². The van der Waals surface area contributed by atoms with Gasteiger partial charge in [0.2, 0.25) is 5.76 Å². The number of rotatable bonds is 7. The van der Waals surface area contributed by atoms with Crippen molar-refractivity contribution in [3.8, 4) is 0 Å². The monoisotopic (exact) mass is 404 g/mol. The Balaban J connectivity index is 1.87. The Bertz CT molecular complexity index is 944. The van der Waals surface area contributed by atoms with Crippen LogP contribution in [0.15, 0.2) is 53.9 Å². The highest BCUT2D eigenvalue weighted by Gasteiger charge is 2.36. The molecule has 0 aromatic heterocycles. The number of amides is 1. The molecule has 0 saturated heterocycles. The van der Waals surface area contributed by atoms with E-state index >= 15 is 0 Å². The number of anilines is 1. The third-order valence-electron chi connectivity index (χ3n) is 4.38. The van der Waals surface area contributed by atoms with Gasteiger partial charge in [-0.2, -0.15) is 0 Å². The molecular formula is C20H19F3N4O2. The first-order chi connectivity index (χ1) is 13.9. The van der Waals surface area contributed by atoms with Crippen molar-refractivity contribution in [2.75, 3.05) is 12.0 Å². The van der Waals surface area contributed by atoms with Gasteiger partial charge in [0.05, 0.1) is 6.67 Å². The third-order valence-corrected chi connectivity index (χ3v) is 4.38. The van der Waals surface area contributed by atoms with Crippen LogP contribution in [0.1, 0.15) is 17.3 Å². The van der Waals surface area contributed by atoms with Gasteiger partial charge in [0.15, 0.2) is 6.17 Å². The number of hydrogen-bond donors (Lipinski definition) is 4. The maximum absolute atomic E-state index is 14.8. The van der Waals surface area contributed by atoms with Crippen LogP contribution < -0.4 is 16.4 Å². The van der Waals surface area contributed by atoms with Gasteiger partial charge in [-0.3, -0.25) is 4.79 Å². The van der Waals surface area contributed by atoms with Crippen molar-refractivity contribution in [1.29, 1.82) is 5.41 Å². The van der Waals surface area contributed by atoms with Crippen LogP contribution in [0.2, 0.25) is 0 Å². The summed E-state index contributed by atoms with van der Waals surface area (Å²) < 4.78 is 47.3. The van der Waals surface area contributed by atoms with Crippen molar-refractivity contribution >= 4 is 17.8 Å². The normalized spacial score (nSPS) is 18.5. The van der Waals surface area contributed by atoms with E-state index in [0.717, 1.165) is 23.9 Å². The number of halogens is 3. The molecule has 0 heterocycles. The van der Waals surface area contributed by atoms with Crippen LogP contribution in [0.25, 0.3) is 0 Å². The molecule has 29 heavy (non-hydrogen) atoms. The largest absolute Gasteiger partial charge is 0.479 e. The zero-order valence-electron chi connectivity index (χ0n) is 15.2. The number of nitrogens with two attached hydrogens (primary N) is 1. The van der Waals surface area contributed by atoms with Gasteiger partial charge in [0.25, 0.3) is 5.91 Å². The summed E-state index contributed by atoms with van der Waals surface area (Å²) in [5.74, 6) is -3.07. The number of hydrogen-bond acceptors (Lipinski definition) is 5. The second-order valence-electron chi connectivity index (χ2n) is 6.34. The molecule has 1 amide bonds. The number of nitrogens with one attached hydrogen (secondary N) is 3. The Labute approximate surface area is 165 Å². The maximum Gasteiger partial charge on any atom is 0.293 e. The van der Waals surface area contributed by atoms with Gasteiger partial charge < -0.3 is 26.5 Å². The number of carbonyl (C=O) groups is 1. The first kappa shape index (κ1) is 20.4. The standard InChI is InChI=1S/C20H19F3N4O2/c21-12-6-13(22)8-14(7-12)27-20(28)19(16(9-24)26-10-25)29-17-5-11-3-1-2-4-15(11)18(17)23/h1-4,6-9,17-18,24,26H,5,10,25H2,(H,27,28)/b19-16-,24-9?. The Hall–Kier alpha value is -3.33. The van der Waals surface area contributed by atoms with E-state index in [0.29, 0.717) is 11.6 Å². The topological polar surface area (TPSA) is 100 Å². The van der Waals surface area contributed by atoms with Gasteiger partial charge in [-0.1, -0.05) is 24.3 Å². The minimum atomic E-state index is -1.48. The number of carbonyl (C=O) groups excluding carboxylic acids is 1. The molecule has 152 valence electrons. The van der Waals surface area contributed by atoms with E-state index in [9.17, 15) is 18.0 Å². The van der Waals surface area contributed by atoms with Crippen molar-refractivity contribution in [3.63, 3.8) is 0 Å². The van der Waals surface area contributed by atoms with E-state index in [1.165, 1.54) is 0 Å². The summed E-state index contributed by atoms with van der Waals surface area (Å²) in [5.41, 5.74) is 6.40. The molecule has 2 unspecified atom stereocenters. The first-order valence-corrected chi connectivity index (χ1v) is 8.77. The fourth-order valence-corrected chi connectivity index (χ4v) is 3.12. The molecular weight excluding hydrogens is 385 g/mol. The van der Waals surface area contributed by atoms with Crippen LogP contribution in [-0.4, -0.2) is 24.9 Å². The van der Waals surface area contributed by atoms with Crippen LogP contribution in [0.3, 0.4) is 0 Å². The zero-order valence-corrected chi connectivity index (χ0v) is 15.2. The summed E-state index contributed by atoms with van der Waals surface area (Å²) >= 11 is 0. The number of alkyl halides is 1. The molecule has 1 aliphatic rings. The highest BCUT2D eigenvalue weighted by atomic mass is 19.1. The fraction of sp³-hybridized carbons (Fsp3) is 0.200. The van der Waals surface area contributed by atoms with Crippen LogP contribution in [0, 0.1) is 17.0 Å². The van der Waals surface area contributed by atoms with Gasteiger partial charge in [-0.25, -0.2) is 13.2 Å². The van der Waals surface area contributed by atoms with E-state index in [2.05, 4.69) is 10.6 Å². The second-order valence-corrected chi connectivity index (χ2v) is 6.34. The molecule has 2 aromatic carbocycles. The Kier molecular flexibility index (Phi) is 6.18. The molecule has 1 aliphatic carbocycles. The average Bonchev–Trinajstić information content (AvgIpc) is 2.99. The SMILES string of the molecule is N=C/C(NCN)=C(/OC1Cc2ccccc2C1F)C(=O)Nc1cc(F)cc(F)c1. The lowest BCUT2D eigenvalue weighted by Gasteiger charge is -2.20. The average molecular weight is 404 g/mol. The summed E-state index contributed by atoms with van der Waals surface area (Å²) in [7, 11) is 0. The van der Waals surface area contributed by atoms with Crippen molar-refractivity contribution in [1.82, 2.24) is 5.32 Å². The smallest absolute Gasteiger partial charge is 0.293 e. The van der Waals surface area contributed by atoms with E-state index in [1.807, 2.05) is 0 Å². The summed E-state index contributed by atoms with van der Waals surface area (Å²) in [6, 6.07) is 9.37. The summed E-state index contributed by atoms with van der Waals surface area (Å²) in [6.07, 6.45) is -1.47. The van der Waals surface area contributed by atoms with Gasteiger partial charge in [-0.15, -0.1) is 0 Å². The molecule has 0 bridgehead atoms. The van der Waals surface area contributed by atoms with Crippen LogP contribution in [0.5, 0.6) is 0 Å². The van der Waals surface area contributed by atoms with Gasteiger partial charge >= 0.3 is 0 Å². The van der Waals surface area contributed by atoms with Gasteiger partial charge in [-0.05, 0) is 23.3 Å². The summed E-state index contributed by atoms with van der Waals surface area (Å²) in [5, 5.41) is 12.4. The van der Waals surface area contributed by atoms with E-state index in [1.54, 1.807) is 24.3 Å². The van der Waals surface area contributed by atoms with Crippen LogP contribution in [-0.2, 0) is 16.0 Å². The number of benzene rings is 2. The third kappa shape index (κ3) is 4.57. The molecule has 0 fully saturated rings. The highest BCUT2D eigenvalue weighted by molar-refractivity contribution is 6.05. The van der Waals surface area contributed by atoms with Crippen LogP contribution in [0.4, 0.5) is 18.9 Å². The molecule has 0 radical (unpaired) electrons. The molecule has 6 nitrogen and oxygen atoms in total. The minimum absolute atomic E-state index is 0.0926. The lowest BCUT2D eigenvalue weighted by atomic mass is 10.1. The van der Waals surface area contributed by atoms with Crippen molar-refractivity contribution in [2.24, 2.45) is 5.73 Å². The predicted octanol–water partition coefficient (Wildman–Crippen LogP) is 2.92. The quantitative estimate of drug-likeness (QED) is 0.247. The first-order valence-electron chi connectivity index (χ1n) is 8.77. The number of fused-ring (bicyclic) bond motifs is 1. The Morgan fingerprint density at radius 2 is 1.93 bits per heavy atom. The van der Waals surface area contributed by atoms with Gasteiger partial charge in [0.1, 0.15) is 23.4 Å². The van der Waals surface area contributed by atoms with Crippen molar-refractivity contribution in [3.05, 3.63) is 76.7 Å². The highest BCUT2D eigenvalue weighted by Crippen LogP contribution is 2.37. The molecule has 2 aromatic rings. The minimum Gasteiger partial charge on any atom is -0.479 e. The number of ether oxygens (including phenoxy) is 1.